The molecule has 184 valence electrons. The zero-order chi connectivity index (χ0) is 24.6. The molecule has 1 saturated heterocycles. The first kappa shape index (κ1) is 23.7. The number of nitrogens with zero attached hydrogens (tertiary/aromatic N) is 3. The number of nitriles is 1. The van der Waals surface area contributed by atoms with Crippen molar-refractivity contribution in [1.29, 1.82) is 5.26 Å². The van der Waals surface area contributed by atoms with Crippen molar-refractivity contribution in [3.63, 3.8) is 0 Å². The summed E-state index contributed by atoms with van der Waals surface area (Å²) in [6, 6.07) is 12.7. The van der Waals surface area contributed by atoms with Gasteiger partial charge in [0.1, 0.15) is 11.6 Å². The van der Waals surface area contributed by atoms with Crippen LogP contribution in [0.25, 0.3) is 0 Å². The fourth-order valence-electron chi connectivity index (χ4n) is 6.08. The molecule has 3 fully saturated rings. The SMILES string of the molecule is N#Cc1cccc([C@]23CCC(N(CCN4CC[C@@H](O)C4)C(=O)Nc4cc(F)cc(F)c4)CC2C3)c1. The van der Waals surface area contributed by atoms with Gasteiger partial charge in [-0.3, -0.25) is 4.90 Å². The average Bonchev–Trinajstić information content (AvgIpc) is 3.43. The number of anilines is 1. The molecule has 4 atom stereocenters. The summed E-state index contributed by atoms with van der Waals surface area (Å²) < 4.78 is 27.4. The number of urea groups is 1. The number of hydrogen-bond acceptors (Lipinski definition) is 4. The Morgan fingerprint density at radius 2 is 2.03 bits per heavy atom. The standard InChI is InChI=1S/C27H30F2N4O2/c28-21-12-22(29)14-23(13-21)31-26(35)33(9-8-32-7-5-25(34)17-32)24-4-6-27(15-20(27)11-24)19-3-1-2-18(10-19)16-30/h1-3,10,12-14,20,24-25,34H,4-9,11,15,17H2,(H,31,35)/t20?,24?,25-,27-/m1/s1. The van der Waals surface area contributed by atoms with Crippen molar-refractivity contribution in [3.8, 4) is 6.07 Å². The Balaban J connectivity index is 1.30. The quantitative estimate of drug-likeness (QED) is 0.648. The molecular weight excluding hydrogens is 450 g/mol. The zero-order valence-corrected chi connectivity index (χ0v) is 19.6. The summed E-state index contributed by atoms with van der Waals surface area (Å²) in [4.78, 5) is 17.3. The highest BCUT2D eigenvalue weighted by molar-refractivity contribution is 5.89. The minimum Gasteiger partial charge on any atom is -0.392 e. The topological polar surface area (TPSA) is 79.6 Å². The molecule has 0 bridgehead atoms. The summed E-state index contributed by atoms with van der Waals surface area (Å²) in [5.74, 6) is -1.04. The van der Waals surface area contributed by atoms with Crippen LogP contribution in [0.15, 0.2) is 42.5 Å². The number of carbonyl (C=O) groups excluding carboxylic acids is 1. The van der Waals surface area contributed by atoms with E-state index < -0.39 is 11.6 Å². The van der Waals surface area contributed by atoms with E-state index in [1.807, 2.05) is 18.2 Å². The number of aliphatic hydroxyl groups excluding tert-OH is 1. The van der Waals surface area contributed by atoms with E-state index in [0.717, 1.165) is 56.8 Å². The second-order valence-electron chi connectivity index (χ2n) is 10.2. The van der Waals surface area contributed by atoms with Gasteiger partial charge in [0.15, 0.2) is 0 Å². The summed E-state index contributed by atoms with van der Waals surface area (Å²) in [7, 11) is 0. The normalized spacial score (nSPS) is 27.7. The van der Waals surface area contributed by atoms with Gasteiger partial charge in [-0.05, 0) is 73.3 Å². The number of fused-ring (bicyclic) bond motifs is 1. The van der Waals surface area contributed by atoms with Crippen LogP contribution in [0, 0.1) is 28.9 Å². The summed E-state index contributed by atoms with van der Waals surface area (Å²) in [6.07, 6.45) is 4.04. The van der Waals surface area contributed by atoms with Gasteiger partial charge in [0, 0.05) is 44.0 Å². The van der Waals surface area contributed by atoms with Gasteiger partial charge in [-0.2, -0.15) is 5.26 Å². The number of carbonyl (C=O) groups is 1. The maximum absolute atomic E-state index is 13.7. The van der Waals surface area contributed by atoms with Crippen LogP contribution in [-0.2, 0) is 5.41 Å². The predicted octanol–water partition coefficient (Wildman–Crippen LogP) is 4.25. The smallest absolute Gasteiger partial charge is 0.322 e. The van der Waals surface area contributed by atoms with E-state index >= 15 is 0 Å². The van der Waals surface area contributed by atoms with Crippen molar-refractivity contribution in [2.24, 2.45) is 5.92 Å². The Morgan fingerprint density at radius 1 is 1.23 bits per heavy atom. The van der Waals surface area contributed by atoms with Gasteiger partial charge in [-0.1, -0.05) is 12.1 Å². The van der Waals surface area contributed by atoms with Crippen LogP contribution < -0.4 is 5.32 Å². The van der Waals surface area contributed by atoms with Crippen LogP contribution >= 0.6 is 0 Å². The number of nitrogens with one attached hydrogen (secondary N) is 1. The summed E-state index contributed by atoms with van der Waals surface area (Å²) in [6.45, 7) is 2.50. The second-order valence-corrected chi connectivity index (χ2v) is 10.2. The van der Waals surface area contributed by atoms with Crippen LogP contribution in [0.4, 0.5) is 19.3 Å². The van der Waals surface area contributed by atoms with E-state index in [4.69, 9.17) is 0 Å². The number of amides is 2. The highest BCUT2D eigenvalue weighted by Crippen LogP contribution is 2.62. The molecule has 2 saturated carbocycles. The molecule has 3 aliphatic rings. The van der Waals surface area contributed by atoms with E-state index in [9.17, 15) is 23.9 Å². The van der Waals surface area contributed by atoms with Crippen LogP contribution in [-0.4, -0.2) is 59.3 Å². The maximum atomic E-state index is 13.7. The first-order valence-corrected chi connectivity index (χ1v) is 12.3. The number of β-amino-alcohol motifs (C(OH)–C–C–N with tert-alkyl or cyclic N) is 1. The Hall–Kier alpha value is -3.02. The van der Waals surface area contributed by atoms with Crippen LogP contribution in [0.2, 0.25) is 0 Å². The Kier molecular flexibility index (Phi) is 6.47. The lowest BCUT2D eigenvalue weighted by Gasteiger charge is -2.37. The van der Waals surface area contributed by atoms with Crippen LogP contribution in [0.3, 0.4) is 0 Å². The molecular formula is C27H30F2N4O2. The van der Waals surface area contributed by atoms with Gasteiger partial charge in [0.25, 0.3) is 0 Å². The third-order valence-corrected chi connectivity index (χ3v) is 8.00. The van der Waals surface area contributed by atoms with Gasteiger partial charge in [0.2, 0.25) is 0 Å². The molecule has 0 radical (unpaired) electrons. The molecule has 0 aromatic heterocycles. The molecule has 35 heavy (non-hydrogen) atoms. The van der Waals surface area contributed by atoms with Gasteiger partial charge in [-0.25, -0.2) is 13.6 Å². The van der Waals surface area contributed by atoms with E-state index in [0.29, 0.717) is 31.1 Å². The molecule has 2 aliphatic carbocycles. The highest BCUT2D eigenvalue weighted by Gasteiger charge is 2.58. The zero-order valence-electron chi connectivity index (χ0n) is 19.6. The summed E-state index contributed by atoms with van der Waals surface area (Å²) >= 11 is 0. The molecule has 2 N–H and O–H groups in total. The molecule has 2 aromatic rings. The largest absolute Gasteiger partial charge is 0.392 e. The minimum atomic E-state index is -0.738. The van der Waals surface area contributed by atoms with Gasteiger partial charge in [0.05, 0.1) is 17.7 Å². The van der Waals surface area contributed by atoms with Crippen molar-refractivity contribution < 1.29 is 18.7 Å². The van der Waals surface area contributed by atoms with Crippen molar-refractivity contribution in [2.45, 2.75) is 49.7 Å². The monoisotopic (exact) mass is 480 g/mol. The molecule has 5 rings (SSSR count). The predicted molar refractivity (Wildman–Crippen MR) is 128 cm³/mol. The Bertz CT molecular complexity index is 1130. The number of benzene rings is 2. The highest BCUT2D eigenvalue weighted by atomic mass is 19.1. The first-order valence-electron chi connectivity index (χ1n) is 12.3. The number of likely N-dealkylation sites (tertiary alicyclic amines) is 1. The Labute approximate surface area is 204 Å². The molecule has 1 heterocycles. The van der Waals surface area contributed by atoms with Crippen LogP contribution in [0.1, 0.15) is 43.2 Å². The lowest BCUT2D eigenvalue weighted by atomic mass is 9.80. The number of hydrogen-bond donors (Lipinski definition) is 2. The first-order chi connectivity index (χ1) is 16.9. The number of aliphatic hydroxyl groups is 1. The molecule has 6 nitrogen and oxygen atoms in total. The summed E-state index contributed by atoms with van der Waals surface area (Å²) in [5, 5.41) is 21.8. The molecule has 2 amide bonds. The van der Waals surface area contributed by atoms with Crippen LogP contribution in [0.5, 0.6) is 0 Å². The molecule has 8 heteroatoms. The second kappa shape index (κ2) is 9.56. The van der Waals surface area contributed by atoms with Crippen molar-refractivity contribution >= 4 is 11.7 Å². The fraction of sp³-hybridized carbons (Fsp3) is 0.481. The third-order valence-electron chi connectivity index (χ3n) is 8.00. The van der Waals surface area contributed by atoms with Gasteiger partial charge < -0.3 is 15.3 Å². The fourth-order valence-corrected chi connectivity index (χ4v) is 6.08. The molecule has 1 aliphatic heterocycles. The molecule has 0 spiro atoms. The lowest BCUT2D eigenvalue weighted by molar-refractivity contribution is 0.142. The van der Waals surface area contributed by atoms with E-state index in [1.54, 1.807) is 4.90 Å². The number of rotatable bonds is 6. The van der Waals surface area contributed by atoms with E-state index in [2.05, 4.69) is 22.4 Å². The molecule has 2 unspecified atom stereocenters. The number of halogens is 2. The third kappa shape index (κ3) is 5.02. The van der Waals surface area contributed by atoms with Gasteiger partial charge >= 0.3 is 6.03 Å². The average molecular weight is 481 g/mol. The van der Waals surface area contributed by atoms with E-state index in [-0.39, 0.29) is 29.3 Å². The van der Waals surface area contributed by atoms with Crippen molar-refractivity contribution in [2.75, 3.05) is 31.5 Å². The molecule has 2 aromatic carbocycles. The van der Waals surface area contributed by atoms with Gasteiger partial charge in [-0.15, -0.1) is 0 Å². The lowest BCUT2D eigenvalue weighted by Crippen LogP contribution is -2.48. The van der Waals surface area contributed by atoms with Crippen molar-refractivity contribution in [1.82, 2.24) is 9.80 Å². The summed E-state index contributed by atoms with van der Waals surface area (Å²) in [5.41, 5.74) is 2.05. The van der Waals surface area contributed by atoms with E-state index in [1.165, 1.54) is 5.56 Å². The van der Waals surface area contributed by atoms with Crippen molar-refractivity contribution in [3.05, 3.63) is 65.2 Å². The minimum absolute atomic E-state index is 0.0145. The maximum Gasteiger partial charge on any atom is 0.322 e. The Morgan fingerprint density at radius 3 is 2.71 bits per heavy atom.